The topological polar surface area (TPSA) is 59.0 Å². The third-order valence-corrected chi connectivity index (χ3v) is 4.51. The van der Waals surface area contributed by atoms with Gasteiger partial charge in [-0.2, -0.15) is 5.10 Å². The number of piperidine rings is 1. The van der Waals surface area contributed by atoms with Crippen LogP contribution in [0.25, 0.3) is 5.69 Å². The molecule has 122 valence electrons. The first-order valence-corrected chi connectivity index (χ1v) is 8.28. The molecule has 1 aliphatic rings. The SMILES string of the molecule is Cc1nn(-c2ccccc2)c(C)c1CNC(=O)C1CCCCN1. The number of carbonyl (C=O) groups is 1. The van der Waals surface area contributed by atoms with Gasteiger partial charge in [0.05, 0.1) is 17.4 Å². The van der Waals surface area contributed by atoms with Crippen molar-refractivity contribution in [1.82, 2.24) is 20.4 Å². The van der Waals surface area contributed by atoms with Gasteiger partial charge in [0.15, 0.2) is 0 Å². The van der Waals surface area contributed by atoms with Crippen molar-refractivity contribution in [3.8, 4) is 5.69 Å². The van der Waals surface area contributed by atoms with E-state index in [1.54, 1.807) is 0 Å². The van der Waals surface area contributed by atoms with Crippen LogP contribution >= 0.6 is 0 Å². The highest BCUT2D eigenvalue weighted by molar-refractivity contribution is 5.81. The first kappa shape index (κ1) is 15.7. The minimum atomic E-state index is -0.0477. The predicted molar refractivity (Wildman–Crippen MR) is 90.5 cm³/mol. The summed E-state index contributed by atoms with van der Waals surface area (Å²) in [5, 5.41) is 11.0. The number of aromatic nitrogens is 2. The molecule has 1 unspecified atom stereocenters. The summed E-state index contributed by atoms with van der Waals surface area (Å²) in [7, 11) is 0. The molecule has 2 N–H and O–H groups in total. The Morgan fingerprint density at radius 2 is 2.09 bits per heavy atom. The molecule has 1 aromatic carbocycles. The molecule has 5 nitrogen and oxygen atoms in total. The minimum absolute atomic E-state index is 0.0477. The van der Waals surface area contributed by atoms with E-state index in [1.807, 2.05) is 48.9 Å². The van der Waals surface area contributed by atoms with E-state index in [-0.39, 0.29) is 11.9 Å². The largest absolute Gasteiger partial charge is 0.351 e. The second kappa shape index (κ2) is 6.96. The second-order valence-corrected chi connectivity index (χ2v) is 6.12. The zero-order valence-corrected chi connectivity index (χ0v) is 13.8. The van der Waals surface area contributed by atoms with Crippen molar-refractivity contribution in [3.63, 3.8) is 0 Å². The molecule has 3 rings (SSSR count). The fraction of sp³-hybridized carbons (Fsp3) is 0.444. The summed E-state index contributed by atoms with van der Waals surface area (Å²) in [5.41, 5.74) is 4.17. The maximum atomic E-state index is 12.3. The lowest BCUT2D eigenvalue weighted by atomic mass is 10.0. The van der Waals surface area contributed by atoms with E-state index in [1.165, 1.54) is 0 Å². The van der Waals surface area contributed by atoms with Gasteiger partial charge in [-0.05, 0) is 45.4 Å². The summed E-state index contributed by atoms with van der Waals surface area (Å²) in [4.78, 5) is 12.3. The molecule has 2 heterocycles. The molecule has 0 radical (unpaired) electrons. The zero-order valence-electron chi connectivity index (χ0n) is 13.8. The predicted octanol–water partition coefficient (Wildman–Crippen LogP) is 2.25. The normalized spacial score (nSPS) is 17.9. The summed E-state index contributed by atoms with van der Waals surface area (Å²) in [5.74, 6) is 0.0935. The highest BCUT2D eigenvalue weighted by atomic mass is 16.2. The lowest BCUT2D eigenvalue weighted by molar-refractivity contribution is -0.123. The van der Waals surface area contributed by atoms with Gasteiger partial charge in [-0.1, -0.05) is 24.6 Å². The van der Waals surface area contributed by atoms with Crippen LogP contribution in [0.5, 0.6) is 0 Å². The minimum Gasteiger partial charge on any atom is -0.351 e. The molecule has 1 saturated heterocycles. The van der Waals surface area contributed by atoms with Gasteiger partial charge in [0.25, 0.3) is 0 Å². The van der Waals surface area contributed by atoms with Crippen LogP contribution in [0, 0.1) is 13.8 Å². The van der Waals surface area contributed by atoms with Crippen LogP contribution in [0.15, 0.2) is 30.3 Å². The van der Waals surface area contributed by atoms with E-state index < -0.39 is 0 Å². The number of hydrogen-bond donors (Lipinski definition) is 2. The van der Waals surface area contributed by atoms with Crippen molar-refractivity contribution in [2.75, 3.05) is 6.54 Å². The average molecular weight is 312 g/mol. The van der Waals surface area contributed by atoms with Gasteiger partial charge in [-0.25, -0.2) is 4.68 Å². The first-order chi connectivity index (χ1) is 11.2. The zero-order chi connectivity index (χ0) is 16.2. The number of nitrogens with one attached hydrogen (secondary N) is 2. The summed E-state index contributed by atoms with van der Waals surface area (Å²) in [6.07, 6.45) is 3.20. The number of benzene rings is 1. The van der Waals surface area contributed by atoms with E-state index >= 15 is 0 Å². The maximum absolute atomic E-state index is 12.3. The summed E-state index contributed by atoms with van der Waals surface area (Å²) in [6, 6.07) is 10.0. The Kier molecular flexibility index (Phi) is 4.76. The monoisotopic (exact) mass is 312 g/mol. The Morgan fingerprint density at radius 1 is 1.30 bits per heavy atom. The third-order valence-electron chi connectivity index (χ3n) is 4.51. The maximum Gasteiger partial charge on any atom is 0.237 e. The summed E-state index contributed by atoms with van der Waals surface area (Å²) >= 11 is 0. The Balaban J connectivity index is 1.71. The Morgan fingerprint density at radius 3 is 2.78 bits per heavy atom. The molecular weight excluding hydrogens is 288 g/mol. The molecular formula is C18H24N4O. The number of aryl methyl sites for hydroxylation is 1. The van der Waals surface area contributed by atoms with Crippen LogP contribution in [0.4, 0.5) is 0 Å². The van der Waals surface area contributed by atoms with Crippen LogP contribution in [-0.2, 0) is 11.3 Å². The fourth-order valence-electron chi connectivity index (χ4n) is 3.13. The molecule has 5 heteroatoms. The molecule has 1 fully saturated rings. The van der Waals surface area contributed by atoms with Crippen LogP contribution < -0.4 is 10.6 Å². The van der Waals surface area contributed by atoms with Crippen molar-refractivity contribution < 1.29 is 4.79 Å². The number of nitrogens with zero attached hydrogens (tertiary/aromatic N) is 2. The number of amides is 1. The van der Waals surface area contributed by atoms with E-state index in [4.69, 9.17) is 0 Å². The molecule has 0 bridgehead atoms. The molecule has 0 saturated carbocycles. The molecule has 1 aliphatic heterocycles. The molecule has 1 amide bonds. The number of rotatable bonds is 4. The number of carbonyl (C=O) groups excluding carboxylic acids is 1. The van der Waals surface area contributed by atoms with E-state index in [0.717, 1.165) is 48.4 Å². The van der Waals surface area contributed by atoms with Gasteiger partial charge in [-0.3, -0.25) is 4.79 Å². The van der Waals surface area contributed by atoms with E-state index in [9.17, 15) is 4.79 Å². The van der Waals surface area contributed by atoms with Gasteiger partial charge in [0, 0.05) is 17.8 Å². The van der Waals surface area contributed by atoms with E-state index in [0.29, 0.717) is 6.54 Å². The van der Waals surface area contributed by atoms with Crippen molar-refractivity contribution >= 4 is 5.91 Å². The van der Waals surface area contributed by atoms with Crippen LogP contribution in [-0.4, -0.2) is 28.3 Å². The number of hydrogen-bond acceptors (Lipinski definition) is 3. The molecule has 1 aromatic heterocycles. The molecule has 1 atom stereocenters. The highest BCUT2D eigenvalue weighted by Gasteiger charge is 2.21. The van der Waals surface area contributed by atoms with Gasteiger partial charge in [-0.15, -0.1) is 0 Å². The van der Waals surface area contributed by atoms with Gasteiger partial charge >= 0.3 is 0 Å². The summed E-state index contributed by atoms with van der Waals surface area (Å²) in [6.45, 7) is 5.50. The average Bonchev–Trinajstić information content (AvgIpc) is 2.88. The van der Waals surface area contributed by atoms with Crippen molar-refractivity contribution in [1.29, 1.82) is 0 Å². The van der Waals surface area contributed by atoms with Crippen LogP contribution in [0.2, 0.25) is 0 Å². The molecule has 2 aromatic rings. The number of para-hydroxylation sites is 1. The Labute approximate surface area is 137 Å². The standard InChI is InChI=1S/C18H24N4O/c1-13-16(12-20-18(23)17-10-6-7-11-19-17)14(2)22(21-13)15-8-4-3-5-9-15/h3-5,8-9,17,19H,6-7,10-12H2,1-2H3,(H,20,23). The second-order valence-electron chi connectivity index (χ2n) is 6.12. The Hall–Kier alpha value is -2.14. The van der Waals surface area contributed by atoms with Gasteiger partial charge in [0.2, 0.25) is 5.91 Å². The molecule has 23 heavy (non-hydrogen) atoms. The van der Waals surface area contributed by atoms with Gasteiger partial charge in [0.1, 0.15) is 0 Å². The first-order valence-electron chi connectivity index (χ1n) is 8.28. The summed E-state index contributed by atoms with van der Waals surface area (Å²) < 4.78 is 1.94. The van der Waals surface area contributed by atoms with Crippen molar-refractivity contribution in [3.05, 3.63) is 47.3 Å². The lowest BCUT2D eigenvalue weighted by Crippen LogP contribution is -2.46. The fourth-order valence-corrected chi connectivity index (χ4v) is 3.13. The molecule has 0 spiro atoms. The van der Waals surface area contributed by atoms with E-state index in [2.05, 4.69) is 15.7 Å². The van der Waals surface area contributed by atoms with Crippen molar-refractivity contribution in [2.45, 2.75) is 45.7 Å². The smallest absolute Gasteiger partial charge is 0.237 e. The van der Waals surface area contributed by atoms with Crippen LogP contribution in [0.3, 0.4) is 0 Å². The molecule has 0 aliphatic carbocycles. The Bertz CT molecular complexity index is 672. The van der Waals surface area contributed by atoms with Crippen LogP contribution in [0.1, 0.15) is 36.2 Å². The van der Waals surface area contributed by atoms with Crippen molar-refractivity contribution in [2.24, 2.45) is 0 Å². The highest BCUT2D eigenvalue weighted by Crippen LogP contribution is 2.17. The van der Waals surface area contributed by atoms with Gasteiger partial charge < -0.3 is 10.6 Å². The quantitative estimate of drug-likeness (QED) is 0.910. The third kappa shape index (κ3) is 3.45. The lowest BCUT2D eigenvalue weighted by Gasteiger charge is -2.22.